The fourth-order valence-corrected chi connectivity index (χ4v) is 0.0890. The fourth-order valence-electron chi connectivity index (χ4n) is 0.0454. The molecule has 0 saturated heterocycles. The van der Waals surface area contributed by atoms with Crippen LogP contribution in [-0.4, -0.2) is 16.2 Å². The van der Waals surface area contributed by atoms with Crippen LogP contribution >= 0.6 is 11.6 Å². The molecule has 0 saturated carbocycles. The lowest BCUT2D eigenvalue weighted by Crippen LogP contribution is -1.83. The van der Waals surface area contributed by atoms with Crippen molar-refractivity contribution < 1.29 is 9.58 Å². The Kier molecular flexibility index (Phi) is 2.29. The topological polar surface area (TPSA) is 53.5 Å². The second kappa shape index (κ2) is 2.57. The molecular formula is C2HClN2O. The zero-order valence-corrected chi connectivity index (χ0v) is 3.51. The lowest BCUT2D eigenvalue weighted by molar-refractivity contribution is -0.109. The van der Waals surface area contributed by atoms with E-state index in [1.807, 2.05) is 0 Å². The van der Waals surface area contributed by atoms with E-state index in [0.717, 1.165) is 0 Å². The Bertz CT molecular complexity index is 104. The van der Waals surface area contributed by atoms with Gasteiger partial charge in [0.05, 0.1) is 0 Å². The molecule has 0 radical (unpaired) electrons. The fraction of sp³-hybridized carbons (Fsp3) is 0. The van der Waals surface area contributed by atoms with Crippen LogP contribution in [-0.2, 0) is 4.79 Å². The standard InChI is InChI=1S/C2HClN2O/c3-2(6)1-5-4/h1H. The number of carbonyl (C=O) groups is 1. The quantitative estimate of drug-likeness (QED) is 0.201. The van der Waals surface area contributed by atoms with E-state index >= 15 is 0 Å². The minimum atomic E-state index is -0.780. The molecule has 0 N–H and O–H groups in total. The van der Waals surface area contributed by atoms with E-state index in [-0.39, 0.29) is 0 Å². The van der Waals surface area contributed by atoms with Gasteiger partial charge in [-0.15, -0.1) is 0 Å². The lowest BCUT2D eigenvalue weighted by Gasteiger charge is -1.51. The molecule has 6 heavy (non-hydrogen) atoms. The zero-order chi connectivity index (χ0) is 4.99. The first-order valence-electron chi connectivity index (χ1n) is 1.14. The van der Waals surface area contributed by atoms with Crippen molar-refractivity contribution >= 4 is 23.1 Å². The van der Waals surface area contributed by atoms with Crippen LogP contribution < -0.4 is 0 Å². The van der Waals surface area contributed by atoms with Gasteiger partial charge in [-0.05, 0) is 11.6 Å². The van der Waals surface area contributed by atoms with Gasteiger partial charge >= 0.3 is 11.5 Å². The number of halogens is 1. The molecule has 0 bridgehead atoms. The summed E-state index contributed by atoms with van der Waals surface area (Å²) < 4.78 is 0. The van der Waals surface area contributed by atoms with Crippen LogP contribution in [0.2, 0.25) is 0 Å². The molecule has 0 aliphatic heterocycles. The first kappa shape index (κ1) is 5.34. The van der Waals surface area contributed by atoms with Crippen molar-refractivity contribution in [3.63, 3.8) is 0 Å². The highest BCUT2D eigenvalue weighted by Crippen LogP contribution is 1.65. The van der Waals surface area contributed by atoms with Crippen LogP contribution in [0.4, 0.5) is 0 Å². The molecule has 0 rings (SSSR count). The van der Waals surface area contributed by atoms with Crippen LogP contribution in [0, 0.1) is 0 Å². The number of hydrogen-bond acceptors (Lipinski definition) is 1. The predicted octanol–water partition coefficient (Wildman–Crippen LogP) is 0.0524. The van der Waals surface area contributed by atoms with Crippen LogP contribution in [0.15, 0.2) is 0 Å². The third kappa shape index (κ3) is 3.34. The summed E-state index contributed by atoms with van der Waals surface area (Å²) in [4.78, 5) is 11.8. The number of rotatable bonds is 1. The predicted molar refractivity (Wildman–Crippen MR) is 20.5 cm³/mol. The Labute approximate surface area is 39.2 Å². The third-order valence-corrected chi connectivity index (χ3v) is 0.257. The Morgan fingerprint density at radius 1 is 2.00 bits per heavy atom. The molecule has 0 aromatic heterocycles. The lowest BCUT2D eigenvalue weighted by atomic mass is 10.9. The van der Waals surface area contributed by atoms with E-state index in [0.29, 0.717) is 6.21 Å². The maximum absolute atomic E-state index is 9.50. The van der Waals surface area contributed by atoms with Gasteiger partial charge in [0.2, 0.25) is 0 Å². The van der Waals surface area contributed by atoms with Crippen molar-refractivity contribution in [2.75, 3.05) is 0 Å². The summed E-state index contributed by atoms with van der Waals surface area (Å²) >= 11 is 4.63. The van der Waals surface area contributed by atoms with Gasteiger partial charge in [0, 0.05) is 0 Å². The van der Waals surface area contributed by atoms with Crippen molar-refractivity contribution in [2.24, 2.45) is 0 Å². The number of carbonyl (C=O) groups excluding carboxylic acids is 1. The SMILES string of the molecule is [N-]=[N+]=CC(=O)Cl. The minimum Gasteiger partial charge on any atom is -0.361 e. The van der Waals surface area contributed by atoms with E-state index in [9.17, 15) is 4.79 Å². The second-order valence-electron chi connectivity index (χ2n) is 0.549. The first-order valence-corrected chi connectivity index (χ1v) is 1.52. The van der Waals surface area contributed by atoms with Crippen molar-refractivity contribution in [3.05, 3.63) is 5.53 Å². The molecule has 0 fully saturated rings. The molecule has 0 aromatic carbocycles. The molecule has 0 atom stereocenters. The third-order valence-electron chi connectivity index (χ3n) is 0.159. The van der Waals surface area contributed by atoms with Gasteiger partial charge in [-0.3, -0.25) is 4.79 Å². The number of nitrogens with zero attached hydrogens (tertiary/aromatic N) is 2. The summed E-state index contributed by atoms with van der Waals surface area (Å²) in [5, 5.41) is -0.780. The van der Waals surface area contributed by atoms with Crippen LogP contribution in [0.3, 0.4) is 0 Å². The molecule has 0 aromatic rings. The summed E-state index contributed by atoms with van der Waals surface area (Å²) in [5.74, 6) is 0. The van der Waals surface area contributed by atoms with Gasteiger partial charge in [-0.1, -0.05) is 0 Å². The smallest absolute Gasteiger partial charge is 0.339 e. The molecule has 3 nitrogen and oxygen atoms in total. The molecule has 0 spiro atoms. The van der Waals surface area contributed by atoms with Crippen molar-refractivity contribution in [2.45, 2.75) is 0 Å². The Morgan fingerprint density at radius 3 is 2.50 bits per heavy atom. The van der Waals surface area contributed by atoms with Crippen molar-refractivity contribution in [1.82, 2.24) is 0 Å². The van der Waals surface area contributed by atoms with Gasteiger partial charge in [-0.25, -0.2) is 0 Å². The van der Waals surface area contributed by atoms with Crippen molar-refractivity contribution in [3.8, 4) is 0 Å². The molecule has 0 aliphatic rings. The summed E-state index contributed by atoms with van der Waals surface area (Å²) in [7, 11) is 0. The molecule has 32 valence electrons. The number of hydrogen-bond donors (Lipinski definition) is 0. The van der Waals surface area contributed by atoms with E-state index in [2.05, 4.69) is 16.4 Å². The molecule has 0 amide bonds. The highest BCUT2D eigenvalue weighted by atomic mass is 35.5. The molecule has 4 heteroatoms. The van der Waals surface area contributed by atoms with Crippen LogP contribution in [0.5, 0.6) is 0 Å². The zero-order valence-electron chi connectivity index (χ0n) is 2.76. The maximum atomic E-state index is 9.50. The highest BCUT2D eigenvalue weighted by molar-refractivity contribution is 6.77. The van der Waals surface area contributed by atoms with E-state index in [1.54, 1.807) is 0 Å². The molecule has 0 unspecified atom stereocenters. The maximum Gasteiger partial charge on any atom is 0.339 e. The summed E-state index contributed by atoms with van der Waals surface area (Å²) in [5.41, 5.74) is 7.50. The monoisotopic (exact) mass is 104 g/mol. The van der Waals surface area contributed by atoms with E-state index < -0.39 is 5.24 Å². The van der Waals surface area contributed by atoms with E-state index in [4.69, 9.17) is 5.53 Å². The summed E-state index contributed by atoms with van der Waals surface area (Å²) in [6.07, 6.45) is 0.599. The molecular weight excluding hydrogens is 103 g/mol. The van der Waals surface area contributed by atoms with E-state index in [1.165, 1.54) is 0 Å². The molecule has 0 heterocycles. The largest absolute Gasteiger partial charge is 0.361 e. The second-order valence-corrected chi connectivity index (χ2v) is 0.921. The Balaban J connectivity index is 3.60. The highest BCUT2D eigenvalue weighted by Gasteiger charge is 1.88. The van der Waals surface area contributed by atoms with Crippen molar-refractivity contribution in [1.29, 1.82) is 0 Å². The van der Waals surface area contributed by atoms with Crippen LogP contribution in [0.1, 0.15) is 0 Å². The van der Waals surface area contributed by atoms with Gasteiger partial charge in [0.15, 0.2) is 0 Å². The first-order chi connectivity index (χ1) is 2.77. The van der Waals surface area contributed by atoms with Gasteiger partial charge in [0.25, 0.3) is 0 Å². The average molecular weight is 104 g/mol. The Hall–Kier alpha value is -0.660. The van der Waals surface area contributed by atoms with Gasteiger partial charge < -0.3 is 5.53 Å². The summed E-state index contributed by atoms with van der Waals surface area (Å²) in [6, 6.07) is 0. The minimum absolute atomic E-state index is 0.599. The Morgan fingerprint density at radius 2 is 2.50 bits per heavy atom. The van der Waals surface area contributed by atoms with Gasteiger partial charge in [-0.2, -0.15) is 4.79 Å². The molecule has 0 aliphatic carbocycles. The van der Waals surface area contributed by atoms with Gasteiger partial charge in [0.1, 0.15) is 0 Å². The normalized spacial score (nSPS) is 6.17. The average Bonchev–Trinajstić information content (AvgIpc) is 1.35. The summed E-state index contributed by atoms with van der Waals surface area (Å²) in [6.45, 7) is 0. The van der Waals surface area contributed by atoms with Crippen LogP contribution in [0.25, 0.3) is 5.53 Å².